The first-order valence-electron chi connectivity index (χ1n) is 9.74. The lowest BCUT2D eigenvalue weighted by Crippen LogP contribution is -2.40. The summed E-state index contributed by atoms with van der Waals surface area (Å²) < 4.78 is 0. The lowest BCUT2D eigenvalue weighted by atomic mass is 9.94. The summed E-state index contributed by atoms with van der Waals surface area (Å²) in [5.74, 6) is 0. The average Bonchev–Trinajstić information content (AvgIpc) is 3.20. The highest BCUT2D eigenvalue weighted by molar-refractivity contribution is 5.98. The summed E-state index contributed by atoms with van der Waals surface area (Å²) in [5.41, 5.74) is 11.7. The predicted molar refractivity (Wildman–Crippen MR) is 109 cm³/mol. The molecule has 0 saturated heterocycles. The molecule has 1 aliphatic carbocycles. The normalized spacial score (nSPS) is 16.5. The molecule has 0 unspecified atom stereocenters. The van der Waals surface area contributed by atoms with Gasteiger partial charge >= 0.3 is 6.03 Å². The molecular formula is C21H24N6O. The highest BCUT2D eigenvalue weighted by Crippen LogP contribution is 2.37. The molecule has 2 amide bonds. The number of benzene rings is 1. The summed E-state index contributed by atoms with van der Waals surface area (Å²) in [5, 5.41) is 4.03. The van der Waals surface area contributed by atoms with Gasteiger partial charge in [0.1, 0.15) is 12.0 Å². The molecule has 7 heteroatoms. The van der Waals surface area contributed by atoms with Crippen LogP contribution in [-0.2, 0) is 12.0 Å². The summed E-state index contributed by atoms with van der Waals surface area (Å²) in [6.45, 7) is 4.62. The quantitative estimate of drug-likeness (QED) is 0.654. The maximum atomic E-state index is 12.5. The molecule has 28 heavy (non-hydrogen) atoms. The van der Waals surface area contributed by atoms with Crippen LogP contribution < -0.4 is 16.0 Å². The number of urea groups is 1. The molecule has 0 radical (unpaired) electrons. The summed E-state index contributed by atoms with van der Waals surface area (Å²) in [6.07, 6.45) is 6.55. The molecule has 1 aliphatic heterocycles. The van der Waals surface area contributed by atoms with E-state index in [1.165, 1.54) is 5.56 Å². The molecule has 2 aromatic heterocycles. The fourth-order valence-corrected chi connectivity index (χ4v) is 3.94. The molecule has 1 fully saturated rings. The number of aromatic amines is 1. The van der Waals surface area contributed by atoms with Crippen LogP contribution in [0.4, 0.5) is 10.5 Å². The van der Waals surface area contributed by atoms with Crippen molar-refractivity contribution in [3.05, 3.63) is 42.0 Å². The fraction of sp³-hybridized carbons (Fsp3) is 0.381. The molecule has 1 saturated carbocycles. The molecule has 144 valence electrons. The van der Waals surface area contributed by atoms with E-state index in [0.29, 0.717) is 6.04 Å². The molecule has 3 aromatic rings. The Morgan fingerprint density at radius 3 is 2.89 bits per heavy atom. The number of aromatic nitrogens is 3. The molecule has 7 nitrogen and oxygen atoms in total. The predicted octanol–water partition coefficient (Wildman–Crippen LogP) is 3.05. The third-order valence-corrected chi connectivity index (χ3v) is 5.52. The molecule has 3 heterocycles. The smallest absolute Gasteiger partial charge is 0.322 e. The van der Waals surface area contributed by atoms with Crippen LogP contribution in [0.5, 0.6) is 0 Å². The van der Waals surface area contributed by atoms with Gasteiger partial charge in [0, 0.05) is 30.0 Å². The third-order valence-electron chi connectivity index (χ3n) is 5.52. The summed E-state index contributed by atoms with van der Waals surface area (Å²) in [6, 6.07) is 6.65. The van der Waals surface area contributed by atoms with Gasteiger partial charge in [-0.3, -0.25) is 4.90 Å². The van der Waals surface area contributed by atoms with Crippen molar-refractivity contribution in [1.29, 1.82) is 0 Å². The number of rotatable bonds is 3. The number of H-pyrrole nitrogens is 1. The lowest BCUT2D eigenvalue weighted by molar-refractivity contribution is 0.246. The van der Waals surface area contributed by atoms with Gasteiger partial charge in [-0.2, -0.15) is 0 Å². The molecule has 2 aliphatic rings. The first-order chi connectivity index (χ1) is 13.4. The number of amides is 2. The minimum absolute atomic E-state index is 0.0154. The van der Waals surface area contributed by atoms with Crippen molar-refractivity contribution >= 4 is 22.8 Å². The van der Waals surface area contributed by atoms with Gasteiger partial charge < -0.3 is 16.0 Å². The van der Waals surface area contributed by atoms with Crippen molar-refractivity contribution in [2.24, 2.45) is 5.73 Å². The second kappa shape index (κ2) is 6.04. The van der Waals surface area contributed by atoms with Gasteiger partial charge in [-0.15, -0.1) is 0 Å². The zero-order chi connectivity index (χ0) is 19.5. The number of carbonyl (C=O) groups is 1. The Morgan fingerprint density at radius 2 is 2.14 bits per heavy atom. The zero-order valence-electron chi connectivity index (χ0n) is 16.1. The summed E-state index contributed by atoms with van der Waals surface area (Å²) >= 11 is 0. The summed E-state index contributed by atoms with van der Waals surface area (Å²) in [7, 11) is 0. The number of fused-ring (bicyclic) bond motifs is 2. The third kappa shape index (κ3) is 2.82. The topological polar surface area (TPSA) is 99.9 Å². The van der Waals surface area contributed by atoms with E-state index in [1.54, 1.807) is 6.33 Å². The number of carbonyl (C=O) groups excluding carboxylic acids is 1. The fourth-order valence-electron chi connectivity index (χ4n) is 3.94. The molecule has 0 bridgehead atoms. The standard InChI is InChI=1S/C21H24N6O/c1-21(2,22)18-17-15(10-23-19(17)25-11-24-18)12-3-6-16-13(9-12)7-8-27(16)20(28)26-14-4-5-14/h3,6,9-11,14H,4-5,7-8,22H2,1-2H3,(H,26,28)(H,23,24,25). The first-order valence-corrected chi connectivity index (χ1v) is 9.74. The Bertz CT molecular complexity index is 1080. The van der Waals surface area contributed by atoms with Gasteiger partial charge in [-0.05, 0) is 56.4 Å². The van der Waals surface area contributed by atoms with Gasteiger partial charge in [-0.25, -0.2) is 14.8 Å². The number of hydrogen-bond acceptors (Lipinski definition) is 4. The molecular weight excluding hydrogens is 352 g/mol. The maximum Gasteiger partial charge on any atom is 0.322 e. The minimum Gasteiger partial charge on any atom is -0.345 e. The average molecular weight is 376 g/mol. The Balaban J connectivity index is 1.54. The molecule has 1 aromatic carbocycles. The monoisotopic (exact) mass is 376 g/mol. The number of nitrogens with zero attached hydrogens (tertiary/aromatic N) is 3. The van der Waals surface area contributed by atoms with Crippen molar-refractivity contribution in [2.45, 2.75) is 44.7 Å². The van der Waals surface area contributed by atoms with Crippen molar-refractivity contribution in [1.82, 2.24) is 20.3 Å². The lowest BCUT2D eigenvalue weighted by Gasteiger charge is -2.19. The number of anilines is 1. The van der Waals surface area contributed by atoms with E-state index in [1.807, 2.05) is 31.0 Å². The van der Waals surface area contributed by atoms with E-state index in [2.05, 4.69) is 32.4 Å². The van der Waals surface area contributed by atoms with Gasteiger partial charge in [0.05, 0.1) is 16.6 Å². The number of nitrogens with two attached hydrogens (primary N) is 1. The van der Waals surface area contributed by atoms with E-state index < -0.39 is 5.54 Å². The minimum atomic E-state index is -0.577. The van der Waals surface area contributed by atoms with E-state index >= 15 is 0 Å². The largest absolute Gasteiger partial charge is 0.345 e. The second-order valence-electron chi connectivity index (χ2n) is 8.34. The van der Waals surface area contributed by atoms with Crippen LogP contribution in [-0.4, -0.2) is 33.6 Å². The molecule has 5 rings (SSSR count). The first kappa shape index (κ1) is 17.2. The van der Waals surface area contributed by atoms with Crippen molar-refractivity contribution in [2.75, 3.05) is 11.4 Å². The Labute approximate surface area is 163 Å². The highest BCUT2D eigenvalue weighted by Gasteiger charge is 2.30. The van der Waals surface area contributed by atoms with Gasteiger partial charge in [0.25, 0.3) is 0 Å². The molecule has 0 spiro atoms. The maximum absolute atomic E-state index is 12.5. The SMILES string of the molecule is CC(C)(N)c1ncnc2[nH]cc(-c3ccc4c(c3)CCN4C(=O)NC3CC3)c12. The highest BCUT2D eigenvalue weighted by atomic mass is 16.2. The van der Waals surface area contributed by atoms with Crippen molar-refractivity contribution in [3.8, 4) is 11.1 Å². The van der Waals surface area contributed by atoms with Crippen LogP contribution in [0.2, 0.25) is 0 Å². The Kier molecular flexibility index (Phi) is 3.71. The Morgan fingerprint density at radius 1 is 1.32 bits per heavy atom. The van der Waals surface area contributed by atoms with Crippen molar-refractivity contribution in [3.63, 3.8) is 0 Å². The van der Waals surface area contributed by atoms with E-state index in [0.717, 1.165) is 59.3 Å². The van der Waals surface area contributed by atoms with Crippen LogP contribution in [0, 0.1) is 0 Å². The van der Waals surface area contributed by atoms with Gasteiger partial charge in [0.15, 0.2) is 0 Å². The van der Waals surface area contributed by atoms with Gasteiger partial charge in [-0.1, -0.05) is 6.07 Å². The van der Waals surface area contributed by atoms with Crippen LogP contribution in [0.25, 0.3) is 22.2 Å². The van der Waals surface area contributed by atoms with Crippen LogP contribution >= 0.6 is 0 Å². The van der Waals surface area contributed by atoms with Gasteiger partial charge in [0.2, 0.25) is 0 Å². The molecule has 0 atom stereocenters. The molecule has 4 N–H and O–H groups in total. The number of nitrogens with one attached hydrogen (secondary N) is 2. The Hall–Kier alpha value is -2.93. The van der Waals surface area contributed by atoms with Crippen LogP contribution in [0.3, 0.4) is 0 Å². The summed E-state index contributed by atoms with van der Waals surface area (Å²) in [4.78, 5) is 26.4. The van der Waals surface area contributed by atoms with Crippen LogP contribution in [0.1, 0.15) is 37.9 Å². The number of hydrogen-bond donors (Lipinski definition) is 3. The second-order valence-corrected chi connectivity index (χ2v) is 8.34. The van der Waals surface area contributed by atoms with Crippen LogP contribution in [0.15, 0.2) is 30.7 Å². The van der Waals surface area contributed by atoms with E-state index in [4.69, 9.17) is 5.73 Å². The van der Waals surface area contributed by atoms with Crippen molar-refractivity contribution < 1.29 is 4.79 Å². The van der Waals surface area contributed by atoms with E-state index in [-0.39, 0.29) is 6.03 Å². The zero-order valence-corrected chi connectivity index (χ0v) is 16.1. The van der Waals surface area contributed by atoms with E-state index in [9.17, 15) is 4.79 Å².